The fourth-order valence-corrected chi connectivity index (χ4v) is 1.68. The fraction of sp³-hybridized carbons (Fsp3) is 0.0909. The van der Waals surface area contributed by atoms with Crippen LogP contribution in [0.5, 0.6) is 0 Å². The number of benzene rings is 1. The number of hydrogen-bond acceptors (Lipinski definition) is 2. The number of rotatable bonds is 0. The van der Waals surface area contributed by atoms with Crippen LogP contribution in [0.15, 0.2) is 36.9 Å². The summed E-state index contributed by atoms with van der Waals surface area (Å²) in [7, 11) is 0. The van der Waals surface area contributed by atoms with Gasteiger partial charge in [0.25, 0.3) is 0 Å². The molecule has 0 aliphatic rings. The van der Waals surface area contributed by atoms with E-state index >= 15 is 0 Å². The van der Waals surface area contributed by atoms with Crippen LogP contribution >= 0.6 is 0 Å². The number of fused-ring (bicyclic) bond motifs is 3. The molecule has 68 valence electrons. The Morgan fingerprint density at radius 2 is 2.14 bits per heavy atom. The second-order valence-electron chi connectivity index (χ2n) is 3.42. The molecule has 0 atom stereocenters. The van der Waals surface area contributed by atoms with Gasteiger partial charge in [-0.05, 0) is 19.1 Å². The quantitative estimate of drug-likeness (QED) is 0.534. The molecule has 0 aliphatic carbocycles. The molecular formula is C11H9N3. The van der Waals surface area contributed by atoms with Crippen LogP contribution in [-0.2, 0) is 0 Å². The van der Waals surface area contributed by atoms with Crippen molar-refractivity contribution in [1.82, 2.24) is 14.4 Å². The van der Waals surface area contributed by atoms with E-state index in [1.165, 1.54) is 5.56 Å². The molecule has 14 heavy (non-hydrogen) atoms. The maximum absolute atomic E-state index is 4.35. The van der Waals surface area contributed by atoms with Crippen LogP contribution in [0, 0.1) is 6.92 Å². The molecule has 3 nitrogen and oxygen atoms in total. The summed E-state index contributed by atoms with van der Waals surface area (Å²) >= 11 is 0. The lowest BCUT2D eigenvalue weighted by atomic mass is 10.2. The predicted molar refractivity (Wildman–Crippen MR) is 55.2 cm³/mol. The molecule has 2 heterocycles. The van der Waals surface area contributed by atoms with Gasteiger partial charge < -0.3 is 0 Å². The second-order valence-corrected chi connectivity index (χ2v) is 3.42. The van der Waals surface area contributed by atoms with Crippen LogP contribution in [0.2, 0.25) is 0 Å². The first-order valence-corrected chi connectivity index (χ1v) is 4.52. The summed E-state index contributed by atoms with van der Waals surface area (Å²) in [5.41, 5.74) is 3.20. The van der Waals surface area contributed by atoms with Crippen LogP contribution in [0.3, 0.4) is 0 Å². The molecule has 0 fully saturated rings. The third-order valence-electron chi connectivity index (χ3n) is 2.38. The molecular weight excluding hydrogens is 174 g/mol. The van der Waals surface area contributed by atoms with Crippen LogP contribution in [0.4, 0.5) is 0 Å². The Labute approximate surface area is 81.0 Å². The van der Waals surface area contributed by atoms with E-state index in [1.807, 2.05) is 16.7 Å². The number of aryl methyl sites for hydroxylation is 1. The molecule has 0 amide bonds. The molecule has 0 bridgehead atoms. The minimum Gasteiger partial charge on any atom is -0.290 e. The van der Waals surface area contributed by atoms with Gasteiger partial charge in [-0.25, -0.2) is 9.97 Å². The SMILES string of the molecule is Cc1ccc2ncn3ccnc3c2c1. The van der Waals surface area contributed by atoms with Gasteiger partial charge in [-0.1, -0.05) is 11.6 Å². The zero-order valence-corrected chi connectivity index (χ0v) is 7.81. The summed E-state index contributed by atoms with van der Waals surface area (Å²) in [6.07, 6.45) is 5.49. The molecule has 0 aliphatic heterocycles. The third kappa shape index (κ3) is 0.923. The Bertz CT molecular complexity index is 610. The van der Waals surface area contributed by atoms with E-state index in [1.54, 1.807) is 12.5 Å². The molecule has 1 aromatic carbocycles. The number of hydrogen-bond donors (Lipinski definition) is 0. The van der Waals surface area contributed by atoms with Gasteiger partial charge >= 0.3 is 0 Å². The summed E-state index contributed by atoms with van der Waals surface area (Å²) in [5, 5.41) is 1.11. The average molecular weight is 183 g/mol. The molecule has 0 saturated carbocycles. The van der Waals surface area contributed by atoms with E-state index in [0.29, 0.717) is 0 Å². The van der Waals surface area contributed by atoms with Crippen molar-refractivity contribution in [1.29, 1.82) is 0 Å². The minimum atomic E-state index is 0.971. The van der Waals surface area contributed by atoms with E-state index in [4.69, 9.17) is 0 Å². The molecule has 0 radical (unpaired) electrons. The smallest absolute Gasteiger partial charge is 0.147 e. The first-order chi connectivity index (χ1) is 6.84. The van der Waals surface area contributed by atoms with Gasteiger partial charge in [0.15, 0.2) is 0 Å². The third-order valence-corrected chi connectivity index (χ3v) is 2.38. The molecule has 3 rings (SSSR count). The van der Waals surface area contributed by atoms with Gasteiger partial charge in [-0.15, -0.1) is 0 Å². The highest BCUT2D eigenvalue weighted by atomic mass is 15.0. The van der Waals surface area contributed by atoms with Crippen molar-refractivity contribution in [3.63, 3.8) is 0 Å². The van der Waals surface area contributed by atoms with Crippen molar-refractivity contribution >= 4 is 16.6 Å². The van der Waals surface area contributed by atoms with Gasteiger partial charge in [0.05, 0.1) is 5.52 Å². The molecule has 0 unspecified atom stereocenters. The summed E-state index contributed by atoms with van der Waals surface area (Å²) < 4.78 is 1.93. The Balaban J connectivity index is 2.60. The van der Waals surface area contributed by atoms with Crippen LogP contribution in [0.25, 0.3) is 16.6 Å². The standard InChI is InChI=1S/C11H9N3/c1-8-2-3-10-9(6-8)11-12-4-5-14(11)7-13-10/h2-7H,1H3. The summed E-state index contributed by atoms with van der Waals surface area (Å²) in [5.74, 6) is 0. The largest absolute Gasteiger partial charge is 0.290 e. The lowest BCUT2D eigenvalue weighted by Gasteiger charge is -2.00. The summed E-state index contributed by atoms with van der Waals surface area (Å²) in [4.78, 5) is 8.66. The Morgan fingerprint density at radius 3 is 3.07 bits per heavy atom. The highest BCUT2D eigenvalue weighted by Crippen LogP contribution is 2.17. The Morgan fingerprint density at radius 1 is 1.21 bits per heavy atom. The molecule has 0 saturated heterocycles. The topological polar surface area (TPSA) is 30.2 Å². The highest BCUT2D eigenvalue weighted by Gasteiger charge is 2.01. The molecule has 0 N–H and O–H groups in total. The maximum Gasteiger partial charge on any atom is 0.147 e. The number of nitrogens with zero attached hydrogens (tertiary/aromatic N) is 3. The normalized spacial score (nSPS) is 11.2. The van der Waals surface area contributed by atoms with E-state index in [0.717, 1.165) is 16.6 Å². The zero-order valence-electron chi connectivity index (χ0n) is 7.81. The van der Waals surface area contributed by atoms with Gasteiger partial charge in [0.1, 0.15) is 12.0 Å². The van der Waals surface area contributed by atoms with Crippen molar-refractivity contribution < 1.29 is 0 Å². The van der Waals surface area contributed by atoms with Gasteiger partial charge in [0, 0.05) is 17.8 Å². The van der Waals surface area contributed by atoms with Gasteiger partial charge in [-0.2, -0.15) is 0 Å². The van der Waals surface area contributed by atoms with E-state index in [-0.39, 0.29) is 0 Å². The van der Waals surface area contributed by atoms with Gasteiger partial charge in [-0.3, -0.25) is 4.40 Å². The molecule has 3 heteroatoms. The molecule has 3 aromatic rings. The van der Waals surface area contributed by atoms with Crippen molar-refractivity contribution in [2.75, 3.05) is 0 Å². The lowest BCUT2D eigenvalue weighted by Crippen LogP contribution is -1.88. The van der Waals surface area contributed by atoms with Crippen molar-refractivity contribution in [2.24, 2.45) is 0 Å². The number of imidazole rings is 1. The van der Waals surface area contributed by atoms with E-state index in [9.17, 15) is 0 Å². The van der Waals surface area contributed by atoms with E-state index in [2.05, 4.69) is 29.0 Å². The minimum absolute atomic E-state index is 0.971. The lowest BCUT2D eigenvalue weighted by molar-refractivity contribution is 1.12. The fourth-order valence-electron chi connectivity index (χ4n) is 1.68. The average Bonchev–Trinajstić information content (AvgIpc) is 2.65. The Kier molecular flexibility index (Phi) is 1.36. The van der Waals surface area contributed by atoms with Crippen molar-refractivity contribution in [3.05, 3.63) is 42.5 Å². The zero-order chi connectivity index (χ0) is 9.54. The molecule has 0 spiro atoms. The van der Waals surface area contributed by atoms with Crippen LogP contribution in [0.1, 0.15) is 5.56 Å². The second kappa shape index (κ2) is 2.54. The Hall–Kier alpha value is -1.90. The maximum atomic E-state index is 4.35. The highest BCUT2D eigenvalue weighted by molar-refractivity contribution is 5.91. The van der Waals surface area contributed by atoms with Crippen molar-refractivity contribution in [3.8, 4) is 0 Å². The first kappa shape index (κ1) is 7.50. The van der Waals surface area contributed by atoms with Crippen LogP contribution in [-0.4, -0.2) is 14.4 Å². The number of aromatic nitrogens is 3. The van der Waals surface area contributed by atoms with E-state index < -0.39 is 0 Å². The predicted octanol–water partition coefficient (Wildman–Crippen LogP) is 2.19. The monoisotopic (exact) mass is 183 g/mol. The first-order valence-electron chi connectivity index (χ1n) is 4.52. The summed E-state index contributed by atoms with van der Waals surface area (Å²) in [6, 6.07) is 6.21. The van der Waals surface area contributed by atoms with Crippen molar-refractivity contribution in [2.45, 2.75) is 6.92 Å². The summed E-state index contributed by atoms with van der Waals surface area (Å²) in [6.45, 7) is 2.08. The molecule has 2 aromatic heterocycles. The van der Waals surface area contributed by atoms with Gasteiger partial charge in [0.2, 0.25) is 0 Å². The van der Waals surface area contributed by atoms with Crippen LogP contribution < -0.4 is 0 Å².